The van der Waals surface area contributed by atoms with Crippen LogP contribution < -0.4 is 0 Å². The molecule has 1 fully saturated rings. The Morgan fingerprint density at radius 2 is 1.95 bits per heavy atom. The minimum absolute atomic E-state index is 0.0377. The van der Waals surface area contributed by atoms with Crippen LogP contribution in [0.3, 0.4) is 0 Å². The van der Waals surface area contributed by atoms with E-state index >= 15 is 0 Å². The summed E-state index contributed by atoms with van der Waals surface area (Å²) in [5.74, 6) is -2.24. The molecule has 1 aromatic rings. The first-order valence-electron chi connectivity index (χ1n) is 6.91. The summed E-state index contributed by atoms with van der Waals surface area (Å²) in [6.07, 6.45) is 1.28. The third-order valence-corrected chi connectivity index (χ3v) is 4.33. The summed E-state index contributed by atoms with van der Waals surface area (Å²) >= 11 is 0. The molecule has 5 nitrogen and oxygen atoms in total. The maximum atomic E-state index is 12.9. The average Bonchev–Trinajstić information content (AvgIpc) is 2.46. The quantitative estimate of drug-likeness (QED) is 0.896. The van der Waals surface area contributed by atoms with Crippen molar-refractivity contribution in [2.75, 3.05) is 13.1 Å². The molecule has 0 radical (unpaired) electrons. The van der Waals surface area contributed by atoms with E-state index in [1.165, 1.54) is 11.0 Å². The number of carboxylic acids is 1. The van der Waals surface area contributed by atoms with Crippen molar-refractivity contribution in [2.45, 2.75) is 26.2 Å². The zero-order valence-corrected chi connectivity index (χ0v) is 11.8. The Morgan fingerprint density at radius 3 is 2.43 bits per heavy atom. The molecule has 1 aliphatic rings. The van der Waals surface area contributed by atoms with Crippen molar-refractivity contribution >= 4 is 11.9 Å². The molecule has 1 amide bonds. The number of aromatic hydroxyl groups is 1. The molecule has 0 atom stereocenters. The topological polar surface area (TPSA) is 77.8 Å². The van der Waals surface area contributed by atoms with Crippen molar-refractivity contribution in [2.24, 2.45) is 5.41 Å². The second kappa shape index (κ2) is 5.71. The zero-order chi connectivity index (χ0) is 15.6. The lowest BCUT2D eigenvalue weighted by atomic mass is 9.76. The number of amides is 1. The molecule has 114 valence electrons. The van der Waals surface area contributed by atoms with E-state index < -0.39 is 28.9 Å². The summed E-state index contributed by atoms with van der Waals surface area (Å²) in [6.45, 7) is 2.46. The van der Waals surface area contributed by atoms with Gasteiger partial charge in [0.2, 0.25) is 0 Å². The van der Waals surface area contributed by atoms with Gasteiger partial charge in [0.25, 0.3) is 5.91 Å². The lowest BCUT2D eigenvalue weighted by Gasteiger charge is -2.38. The van der Waals surface area contributed by atoms with Gasteiger partial charge in [-0.15, -0.1) is 0 Å². The molecule has 6 heteroatoms. The van der Waals surface area contributed by atoms with Crippen LogP contribution in [0.1, 0.15) is 36.5 Å². The van der Waals surface area contributed by atoms with Crippen LogP contribution in [-0.4, -0.2) is 40.1 Å². The third kappa shape index (κ3) is 2.84. The van der Waals surface area contributed by atoms with E-state index in [2.05, 4.69) is 0 Å². The van der Waals surface area contributed by atoms with Gasteiger partial charge in [-0.05, 0) is 31.4 Å². The predicted octanol–water partition coefficient (Wildman–Crippen LogP) is 2.25. The molecule has 0 spiro atoms. The second-order valence-corrected chi connectivity index (χ2v) is 5.39. The minimum Gasteiger partial charge on any atom is -0.507 e. The van der Waals surface area contributed by atoms with E-state index in [0.717, 1.165) is 12.1 Å². The number of hydrogen-bond acceptors (Lipinski definition) is 3. The SMILES string of the molecule is CCC1(C(=O)O)CCN(C(=O)c2ccc(F)cc2O)CC1. The lowest BCUT2D eigenvalue weighted by Crippen LogP contribution is -2.46. The molecule has 1 saturated heterocycles. The maximum Gasteiger partial charge on any atom is 0.309 e. The molecule has 0 bridgehead atoms. The number of aliphatic carboxylic acids is 1. The van der Waals surface area contributed by atoms with Crippen molar-refractivity contribution in [1.29, 1.82) is 0 Å². The largest absolute Gasteiger partial charge is 0.507 e. The Morgan fingerprint density at radius 1 is 1.33 bits per heavy atom. The van der Waals surface area contributed by atoms with Crippen LogP contribution in [0, 0.1) is 11.2 Å². The highest BCUT2D eigenvalue weighted by molar-refractivity contribution is 5.97. The van der Waals surface area contributed by atoms with Crippen LogP contribution in [0.2, 0.25) is 0 Å². The third-order valence-electron chi connectivity index (χ3n) is 4.33. The zero-order valence-electron chi connectivity index (χ0n) is 11.8. The van der Waals surface area contributed by atoms with Gasteiger partial charge in [-0.2, -0.15) is 0 Å². The number of nitrogens with zero attached hydrogens (tertiary/aromatic N) is 1. The molecular weight excluding hydrogens is 277 g/mol. The Labute approximate surface area is 122 Å². The molecule has 1 aliphatic heterocycles. The number of carbonyl (C=O) groups excluding carboxylic acids is 1. The van der Waals surface area contributed by atoms with E-state index in [1.54, 1.807) is 0 Å². The summed E-state index contributed by atoms with van der Waals surface area (Å²) in [6, 6.07) is 3.25. The van der Waals surface area contributed by atoms with Crippen LogP contribution in [0.25, 0.3) is 0 Å². The number of likely N-dealkylation sites (tertiary alicyclic amines) is 1. The fourth-order valence-corrected chi connectivity index (χ4v) is 2.71. The van der Waals surface area contributed by atoms with Crippen molar-refractivity contribution in [1.82, 2.24) is 4.90 Å². The number of piperidine rings is 1. The second-order valence-electron chi connectivity index (χ2n) is 5.39. The number of phenolic OH excluding ortho intramolecular Hbond substituents is 1. The van der Waals surface area contributed by atoms with Gasteiger partial charge in [-0.1, -0.05) is 6.92 Å². The summed E-state index contributed by atoms with van der Waals surface area (Å²) in [4.78, 5) is 25.2. The number of carboxylic acid groups (broad SMARTS) is 1. The van der Waals surface area contributed by atoms with E-state index in [1.807, 2.05) is 6.92 Å². The Balaban J connectivity index is 2.12. The first-order valence-corrected chi connectivity index (χ1v) is 6.91. The number of rotatable bonds is 3. The molecule has 1 heterocycles. The average molecular weight is 295 g/mol. The van der Waals surface area contributed by atoms with Gasteiger partial charge >= 0.3 is 5.97 Å². The molecule has 2 rings (SSSR count). The molecule has 0 saturated carbocycles. The molecule has 0 aromatic heterocycles. The normalized spacial score (nSPS) is 17.5. The predicted molar refractivity (Wildman–Crippen MR) is 73.6 cm³/mol. The molecule has 0 unspecified atom stereocenters. The highest BCUT2D eigenvalue weighted by Gasteiger charge is 2.41. The highest BCUT2D eigenvalue weighted by Crippen LogP contribution is 2.36. The minimum atomic E-state index is -0.832. The fourth-order valence-electron chi connectivity index (χ4n) is 2.71. The molecule has 1 aromatic carbocycles. The number of hydrogen-bond donors (Lipinski definition) is 2. The van der Waals surface area contributed by atoms with Crippen LogP contribution in [-0.2, 0) is 4.79 Å². The number of halogens is 1. The standard InChI is InChI=1S/C15H18FNO4/c1-2-15(14(20)21)5-7-17(8-6-15)13(19)11-4-3-10(16)9-12(11)18/h3-4,9,18H,2,5-8H2,1H3,(H,20,21). The van der Waals surface area contributed by atoms with Gasteiger partial charge in [0, 0.05) is 19.2 Å². The molecule has 2 N–H and O–H groups in total. The number of benzene rings is 1. The molecule has 21 heavy (non-hydrogen) atoms. The first kappa shape index (κ1) is 15.3. The van der Waals surface area contributed by atoms with Crippen molar-refractivity contribution in [3.63, 3.8) is 0 Å². The number of carbonyl (C=O) groups is 2. The lowest BCUT2D eigenvalue weighted by molar-refractivity contribution is -0.152. The monoisotopic (exact) mass is 295 g/mol. The van der Waals surface area contributed by atoms with Gasteiger partial charge in [-0.25, -0.2) is 4.39 Å². The van der Waals surface area contributed by atoms with E-state index in [9.17, 15) is 24.2 Å². The van der Waals surface area contributed by atoms with Gasteiger partial charge in [-0.3, -0.25) is 9.59 Å². The highest BCUT2D eigenvalue weighted by atomic mass is 19.1. The Hall–Kier alpha value is -2.11. The van der Waals surface area contributed by atoms with E-state index in [-0.39, 0.29) is 5.56 Å². The summed E-state index contributed by atoms with van der Waals surface area (Å²) in [7, 11) is 0. The van der Waals surface area contributed by atoms with Crippen LogP contribution in [0.4, 0.5) is 4.39 Å². The maximum absolute atomic E-state index is 12.9. The van der Waals surface area contributed by atoms with Crippen molar-refractivity contribution < 1.29 is 24.2 Å². The molecular formula is C15H18FNO4. The van der Waals surface area contributed by atoms with Crippen molar-refractivity contribution in [3.05, 3.63) is 29.6 Å². The molecule has 0 aliphatic carbocycles. The van der Waals surface area contributed by atoms with Gasteiger partial charge < -0.3 is 15.1 Å². The van der Waals surface area contributed by atoms with Crippen LogP contribution in [0.15, 0.2) is 18.2 Å². The van der Waals surface area contributed by atoms with Gasteiger partial charge in [0.15, 0.2) is 0 Å². The first-order chi connectivity index (χ1) is 9.89. The van der Waals surface area contributed by atoms with Crippen LogP contribution in [0.5, 0.6) is 5.75 Å². The number of phenols is 1. The van der Waals surface area contributed by atoms with E-state index in [0.29, 0.717) is 32.4 Å². The smallest absolute Gasteiger partial charge is 0.309 e. The Kier molecular flexibility index (Phi) is 4.16. The fraction of sp³-hybridized carbons (Fsp3) is 0.467. The summed E-state index contributed by atoms with van der Waals surface area (Å²) in [5.41, 5.74) is -0.738. The van der Waals surface area contributed by atoms with Gasteiger partial charge in [0.1, 0.15) is 11.6 Å². The van der Waals surface area contributed by atoms with Crippen LogP contribution >= 0.6 is 0 Å². The van der Waals surface area contributed by atoms with E-state index in [4.69, 9.17) is 0 Å². The van der Waals surface area contributed by atoms with Gasteiger partial charge in [0.05, 0.1) is 11.0 Å². The summed E-state index contributed by atoms with van der Waals surface area (Å²) < 4.78 is 12.9. The summed E-state index contributed by atoms with van der Waals surface area (Å²) in [5, 5.41) is 19.0. The van der Waals surface area contributed by atoms with Crippen molar-refractivity contribution in [3.8, 4) is 5.75 Å². The Bertz CT molecular complexity index is 565.